The van der Waals surface area contributed by atoms with E-state index in [1.54, 1.807) is 11.3 Å². The molecule has 0 saturated carbocycles. The Bertz CT molecular complexity index is 650. The standard InChI is InChI=1S/C16H16N2OS/c1-2-16-18-13(11-6-3-4-7-14(11)19-16)10-12(17-18)15-8-5-9-20-15/h3-9,13,16H,2,10H2,1H3/t13-,16+/m1/s1. The lowest BCUT2D eigenvalue weighted by Gasteiger charge is -2.37. The summed E-state index contributed by atoms with van der Waals surface area (Å²) in [6.07, 6.45) is 1.95. The van der Waals surface area contributed by atoms with Crippen LogP contribution in [-0.4, -0.2) is 16.9 Å². The van der Waals surface area contributed by atoms with Crippen molar-refractivity contribution in [2.45, 2.75) is 32.0 Å². The summed E-state index contributed by atoms with van der Waals surface area (Å²) in [6.45, 7) is 2.15. The minimum atomic E-state index is 0.0485. The fourth-order valence-corrected chi connectivity index (χ4v) is 3.69. The van der Waals surface area contributed by atoms with Gasteiger partial charge in [0.15, 0.2) is 6.23 Å². The van der Waals surface area contributed by atoms with Gasteiger partial charge in [-0.3, -0.25) is 5.01 Å². The van der Waals surface area contributed by atoms with Crippen LogP contribution in [0.4, 0.5) is 0 Å². The molecule has 0 aliphatic carbocycles. The number of ether oxygens (including phenoxy) is 1. The molecule has 2 aromatic rings. The largest absolute Gasteiger partial charge is 0.469 e. The van der Waals surface area contributed by atoms with E-state index >= 15 is 0 Å². The Balaban J connectivity index is 1.75. The molecule has 0 unspecified atom stereocenters. The maximum absolute atomic E-state index is 6.08. The Labute approximate surface area is 122 Å². The number of hydrogen-bond acceptors (Lipinski definition) is 4. The van der Waals surface area contributed by atoms with E-state index in [1.807, 2.05) is 6.07 Å². The van der Waals surface area contributed by atoms with Crippen molar-refractivity contribution in [1.82, 2.24) is 5.01 Å². The van der Waals surface area contributed by atoms with Crippen molar-refractivity contribution >= 4 is 17.0 Å². The fraction of sp³-hybridized carbons (Fsp3) is 0.312. The number of hydrogen-bond donors (Lipinski definition) is 0. The van der Waals surface area contributed by atoms with Crippen molar-refractivity contribution in [3.8, 4) is 5.75 Å². The van der Waals surface area contributed by atoms with Crippen LogP contribution in [-0.2, 0) is 0 Å². The van der Waals surface area contributed by atoms with Crippen molar-refractivity contribution in [3.63, 3.8) is 0 Å². The van der Waals surface area contributed by atoms with Gasteiger partial charge in [-0.1, -0.05) is 31.2 Å². The lowest BCUT2D eigenvalue weighted by molar-refractivity contribution is -0.0188. The summed E-state index contributed by atoms with van der Waals surface area (Å²) in [5, 5.41) is 9.10. The molecule has 2 aliphatic rings. The first-order valence-electron chi connectivity index (χ1n) is 7.02. The third kappa shape index (κ3) is 1.75. The van der Waals surface area contributed by atoms with Crippen LogP contribution >= 0.6 is 11.3 Å². The van der Waals surface area contributed by atoms with E-state index < -0.39 is 0 Å². The number of fused-ring (bicyclic) bond motifs is 3. The number of benzene rings is 1. The summed E-state index contributed by atoms with van der Waals surface area (Å²) in [5.41, 5.74) is 2.44. The Morgan fingerprint density at radius 1 is 1.30 bits per heavy atom. The summed E-state index contributed by atoms with van der Waals surface area (Å²) < 4.78 is 6.08. The Kier molecular flexibility index (Phi) is 2.77. The van der Waals surface area contributed by atoms with E-state index in [1.165, 1.54) is 16.2 Å². The molecule has 0 fully saturated rings. The lowest BCUT2D eigenvalue weighted by Crippen LogP contribution is -2.39. The van der Waals surface area contributed by atoms with Crippen LogP contribution in [0.3, 0.4) is 0 Å². The minimum Gasteiger partial charge on any atom is -0.469 e. The summed E-state index contributed by atoms with van der Waals surface area (Å²) in [7, 11) is 0. The first kappa shape index (κ1) is 12.0. The van der Waals surface area contributed by atoms with Gasteiger partial charge in [-0.2, -0.15) is 5.10 Å². The molecular formula is C16H16N2OS. The quantitative estimate of drug-likeness (QED) is 0.832. The van der Waals surface area contributed by atoms with Gasteiger partial charge in [0.2, 0.25) is 0 Å². The van der Waals surface area contributed by atoms with Crippen LogP contribution in [0, 0.1) is 0 Å². The van der Waals surface area contributed by atoms with E-state index in [9.17, 15) is 0 Å². The second kappa shape index (κ2) is 4.63. The van der Waals surface area contributed by atoms with Crippen LogP contribution in [0.15, 0.2) is 46.9 Å². The Morgan fingerprint density at radius 3 is 3.00 bits per heavy atom. The maximum Gasteiger partial charge on any atom is 0.187 e. The zero-order chi connectivity index (χ0) is 13.5. The molecule has 20 heavy (non-hydrogen) atoms. The van der Waals surface area contributed by atoms with Crippen LogP contribution in [0.2, 0.25) is 0 Å². The minimum absolute atomic E-state index is 0.0485. The van der Waals surface area contributed by atoms with Gasteiger partial charge in [0.05, 0.1) is 16.6 Å². The summed E-state index contributed by atoms with van der Waals surface area (Å²) >= 11 is 1.76. The molecule has 0 amide bonds. The molecule has 0 spiro atoms. The van der Waals surface area contributed by atoms with Gasteiger partial charge in [-0.15, -0.1) is 11.3 Å². The molecule has 0 saturated heterocycles. The highest BCUT2D eigenvalue weighted by atomic mass is 32.1. The Morgan fingerprint density at radius 2 is 2.20 bits per heavy atom. The molecule has 1 aromatic heterocycles. The summed E-state index contributed by atoms with van der Waals surface area (Å²) in [5.74, 6) is 1.02. The topological polar surface area (TPSA) is 24.8 Å². The SMILES string of the molecule is CC[C@@H]1Oc2ccccc2[C@H]2CC(c3cccs3)=NN12. The van der Waals surface area contributed by atoms with E-state index in [-0.39, 0.29) is 6.23 Å². The summed E-state index contributed by atoms with van der Waals surface area (Å²) in [6, 6.07) is 12.9. The fourth-order valence-electron chi connectivity index (χ4n) is 2.97. The number of para-hydroxylation sites is 1. The average molecular weight is 284 g/mol. The highest BCUT2D eigenvalue weighted by Crippen LogP contribution is 2.43. The molecule has 102 valence electrons. The van der Waals surface area contributed by atoms with E-state index in [2.05, 4.69) is 47.6 Å². The predicted octanol–water partition coefficient (Wildman–Crippen LogP) is 4.03. The van der Waals surface area contributed by atoms with E-state index in [0.717, 1.165) is 18.6 Å². The number of rotatable bonds is 2. The molecule has 0 radical (unpaired) electrons. The van der Waals surface area contributed by atoms with Crippen LogP contribution in [0.5, 0.6) is 5.75 Å². The number of thiophene rings is 1. The maximum atomic E-state index is 6.08. The average Bonchev–Trinajstić information content (AvgIpc) is 3.15. The predicted molar refractivity (Wildman–Crippen MR) is 81.2 cm³/mol. The zero-order valence-corrected chi connectivity index (χ0v) is 12.1. The van der Waals surface area contributed by atoms with Crippen molar-refractivity contribution in [2.24, 2.45) is 5.10 Å². The molecule has 2 aliphatic heterocycles. The summed E-state index contributed by atoms with van der Waals surface area (Å²) in [4.78, 5) is 1.27. The second-order valence-electron chi connectivity index (χ2n) is 5.14. The molecule has 4 rings (SSSR count). The van der Waals surface area contributed by atoms with Gasteiger partial charge in [-0.25, -0.2) is 0 Å². The molecular weight excluding hydrogens is 268 g/mol. The van der Waals surface area contributed by atoms with Crippen LogP contribution < -0.4 is 4.74 Å². The molecule has 4 heteroatoms. The second-order valence-corrected chi connectivity index (χ2v) is 6.09. The van der Waals surface area contributed by atoms with Gasteiger partial charge >= 0.3 is 0 Å². The van der Waals surface area contributed by atoms with Gasteiger partial charge in [-0.05, 0) is 17.5 Å². The third-order valence-corrected chi connectivity index (χ3v) is 4.85. The lowest BCUT2D eigenvalue weighted by atomic mass is 9.98. The zero-order valence-electron chi connectivity index (χ0n) is 11.3. The van der Waals surface area contributed by atoms with E-state index in [0.29, 0.717) is 6.04 Å². The highest BCUT2D eigenvalue weighted by molar-refractivity contribution is 7.12. The first-order valence-corrected chi connectivity index (χ1v) is 7.90. The van der Waals surface area contributed by atoms with Crippen molar-refractivity contribution in [1.29, 1.82) is 0 Å². The molecule has 1 aromatic carbocycles. The molecule has 0 N–H and O–H groups in total. The molecule has 3 heterocycles. The molecule has 3 nitrogen and oxygen atoms in total. The monoisotopic (exact) mass is 284 g/mol. The van der Waals surface area contributed by atoms with Gasteiger partial charge < -0.3 is 4.74 Å². The van der Waals surface area contributed by atoms with E-state index in [4.69, 9.17) is 9.84 Å². The third-order valence-electron chi connectivity index (χ3n) is 3.93. The number of hydrazone groups is 1. The van der Waals surface area contributed by atoms with Gasteiger partial charge in [0, 0.05) is 18.4 Å². The van der Waals surface area contributed by atoms with Crippen LogP contribution in [0.25, 0.3) is 0 Å². The van der Waals surface area contributed by atoms with Crippen LogP contribution in [0.1, 0.15) is 36.2 Å². The van der Waals surface area contributed by atoms with Crippen molar-refractivity contribution in [3.05, 3.63) is 52.2 Å². The first-order chi connectivity index (χ1) is 9.86. The smallest absolute Gasteiger partial charge is 0.187 e. The highest BCUT2D eigenvalue weighted by Gasteiger charge is 2.39. The molecule has 2 atom stereocenters. The van der Waals surface area contributed by atoms with Crippen molar-refractivity contribution in [2.75, 3.05) is 0 Å². The Hall–Kier alpha value is -1.81. The number of nitrogens with zero attached hydrogens (tertiary/aromatic N) is 2. The van der Waals surface area contributed by atoms with Gasteiger partial charge in [0.1, 0.15) is 5.75 Å². The van der Waals surface area contributed by atoms with Crippen molar-refractivity contribution < 1.29 is 4.74 Å². The van der Waals surface area contributed by atoms with Gasteiger partial charge in [0.25, 0.3) is 0 Å². The molecule has 0 bridgehead atoms. The normalized spacial score (nSPS) is 23.9.